The summed E-state index contributed by atoms with van der Waals surface area (Å²) in [4.78, 5) is 41.6. The fourth-order valence-corrected chi connectivity index (χ4v) is 4.90. The van der Waals surface area contributed by atoms with Crippen molar-refractivity contribution in [3.05, 3.63) is 0 Å². The van der Waals surface area contributed by atoms with Crippen molar-refractivity contribution < 1.29 is 29.0 Å². The lowest BCUT2D eigenvalue weighted by atomic mass is 9.88. The topological polar surface area (TPSA) is 96.4 Å². The van der Waals surface area contributed by atoms with E-state index in [0.717, 1.165) is 12.8 Å². The van der Waals surface area contributed by atoms with Crippen LogP contribution in [0.4, 0.5) is 0 Å². The number of likely N-dealkylation sites (tertiary alicyclic amines) is 1. The molecule has 192 valence electrons. The van der Waals surface area contributed by atoms with Crippen molar-refractivity contribution in [3.63, 3.8) is 0 Å². The number of amides is 2. The highest BCUT2D eigenvalue weighted by atomic mass is 16.5. The van der Waals surface area contributed by atoms with Gasteiger partial charge in [-0.3, -0.25) is 14.4 Å². The van der Waals surface area contributed by atoms with E-state index in [1.165, 1.54) is 7.11 Å². The minimum Gasteiger partial charge on any atom is -0.481 e. The molecule has 1 heterocycles. The minimum absolute atomic E-state index is 0.0542. The summed E-state index contributed by atoms with van der Waals surface area (Å²) in [6, 6.07) is -0.525. The summed E-state index contributed by atoms with van der Waals surface area (Å²) in [5, 5.41) is 9.47. The molecular formula is C25H46N2O6. The molecule has 0 unspecified atom stereocenters. The number of methoxy groups -OCH3 is 2. The third-order valence-corrected chi connectivity index (χ3v) is 7.62. The molecule has 8 nitrogen and oxygen atoms in total. The van der Waals surface area contributed by atoms with Crippen LogP contribution in [-0.2, 0) is 23.9 Å². The number of ether oxygens (including phenoxy) is 2. The van der Waals surface area contributed by atoms with Crippen LogP contribution in [0, 0.1) is 23.7 Å². The quantitative estimate of drug-likeness (QED) is 0.444. The van der Waals surface area contributed by atoms with E-state index in [2.05, 4.69) is 13.8 Å². The molecule has 0 spiro atoms. The molecule has 0 aromatic rings. The van der Waals surface area contributed by atoms with Gasteiger partial charge in [0.05, 0.1) is 36.6 Å². The van der Waals surface area contributed by atoms with Crippen LogP contribution in [0.25, 0.3) is 0 Å². The van der Waals surface area contributed by atoms with E-state index in [1.807, 2.05) is 27.8 Å². The van der Waals surface area contributed by atoms with Crippen LogP contribution in [0.15, 0.2) is 0 Å². The largest absolute Gasteiger partial charge is 0.481 e. The molecule has 1 aliphatic rings. The smallest absolute Gasteiger partial charge is 0.308 e. The van der Waals surface area contributed by atoms with Gasteiger partial charge in [-0.2, -0.15) is 0 Å². The van der Waals surface area contributed by atoms with Gasteiger partial charge in [0.15, 0.2) is 0 Å². The van der Waals surface area contributed by atoms with E-state index < -0.39 is 24.1 Å². The molecule has 0 bridgehead atoms. The number of hydrogen-bond donors (Lipinski definition) is 1. The zero-order valence-corrected chi connectivity index (χ0v) is 22.0. The van der Waals surface area contributed by atoms with Gasteiger partial charge in [-0.1, -0.05) is 41.0 Å². The monoisotopic (exact) mass is 470 g/mol. The second kappa shape index (κ2) is 13.3. The Bertz CT molecular complexity index is 655. The Kier molecular flexibility index (Phi) is 11.8. The molecule has 0 aromatic carbocycles. The average Bonchev–Trinajstić information content (AvgIpc) is 3.26. The molecule has 1 N–H and O–H groups in total. The first-order chi connectivity index (χ1) is 15.4. The minimum atomic E-state index is -0.938. The molecular weight excluding hydrogens is 424 g/mol. The number of aliphatic carboxylic acids is 1. The predicted octanol–water partition coefficient (Wildman–Crippen LogP) is 3.28. The lowest BCUT2D eigenvalue weighted by molar-refractivity contribution is -0.152. The van der Waals surface area contributed by atoms with Crippen LogP contribution in [-0.4, -0.2) is 84.8 Å². The number of carbonyl (C=O) groups is 3. The second-order valence-electron chi connectivity index (χ2n) is 9.96. The number of carboxylic acid groups (broad SMARTS) is 1. The molecule has 1 rings (SSSR count). The predicted molar refractivity (Wildman–Crippen MR) is 128 cm³/mol. The van der Waals surface area contributed by atoms with Gasteiger partial charge in [0.25, 0.3) is 0 Å². The van der Waals surface area contributed by atoms with Crippen molar-refractivity contribution >= 4 is 17.8 Å². The van der Waals surface area contributed by atoms with Crippen LogP contribution < -0.4 is 0 Å². The summed E-state index contributed by atoms with van der Waals surface area (Å²) in [5.74, 6) is -1.46. The average molecular weight is 471 g/mol. The molecule has 0 saturated carbocycles. The maximum atomic E-state index is 13.4. The Labute approximate surface area is 200 Å². The van der Waals surface area contributed by atoms with Crippen molar-refractivity contribution in [1.29, 1.82) is 0 Å². The van der Waals surface area contributed by atoms with E-state index in [9.17, 15) is 19.5 Å². The van der Waals surface area contributed by atoms with Crippen molar-refractivity contribution in [1.82, 2.24) is 9.80 Å². The van der Waals surface area contributed by atoms with Gasteiger partial charge in [-0.15, -0.1) is 0 Å². The number of nitrogens with zero attached hydrogens (tertiary/aromatic N) is 2. The Hall–Kier alpha value is -1.67. The number of carbonyl (C=O) groups excluding carboxylic acids is 2. The molecule has 1 aliphatic heterocycles. The van der Waals surface area contributed by atoms with E-state index in [1.54, 1.807) is 23.8 Å². The lowest BCUT2D eigenvalue weighted by Crippen LogP contribution is -2.53. The molecule has 8 heteroatoms. The zero-order valence-electron chi connectivity index (χ0n) is 22.0. The molecule has 2 amide bonds. The van der Waals surface area contributed by atoms with Gasteiger partial charge in [0.1, 0.15) is 0 Å². The Morgan fingerprint density at radius 3 is 2.12 bits per heavy atom. The maximum absolute atomic E-state index is 13.4. The third-order valence-electron chi connectivity index (χ3n) is 7.62. The number of carboxylic acids is 1. The van der Waals surface area contributed by atoms with Crippen LogP contribution in [0.1, 0.15) is 67.2 Å². The normalized spacial score (nSPS) is 21.9. The molecule has 0 radical (unpaired) electrons. The summed E-state index contributed by atoms with van der Waals surface area (Å²) in [5.41, 5.74) is 0. The molecule has 1 saturated heterocycles. The first kappa shape index (κ1) is 29.4. The molecule has 0 aromatic heterocycles. The molecule has 1 fully saturated rings. The summed E-state index contributed by atoms with van der Waals surface area (Å²) in [6.07, 6.45) is 1.46. The van der Waals surface area contributed by atoms with Crippen LogP contribution in [0.2, 0.25) is 0 Å². The standard InChI is InChI=1S/C25H46N2O6/c1-10-16(4)22(26(7)24(29)17(5)15(2)3)20(32-8)14-21(28)27-13-11-12-19(27)23(33-9)18(6)25(30)31/h15-20,22-23H,10-14H2,1-9H3,(H,30,31)/t16-,17-,18+,19-,20+,22-,23+/m0/s1. The maximum Gasteiger partial charge on any atom is 0.308 e. The highest BCUT2D eigenvalue weighted by Gasteiger charge is 2.42. The highest BCUT2D eigenvalue weighted by molar-refractivity contribution is 5.80. The number of likely N-dealkylation sites (N-methyl/N-ethyl adjacent to an activating group) is 1. The fourth-order valence-electron chi connectivity index (χ4n) is 4.90. The first-order valence-electron chi connectivity index (χ1n) is 12.3. The molecule has 33 heavy (non-hydrogen) atoms. The number of rotatable bonds is 13. The van der Waals surface area contributed by atoms with Crippen LogP contribution in [0.5, 0.6) is 0 Å². The Balaban J connectivity index is 3.11. The van der Waals surface area contributed by atoms with Crippen molar-refractivity contribution in [3.8, 4) is 0 Å². The Morgan fingerprint density at radius 1 is 1.06 bits per heavy atom. The van der Waals surface area contributed by atoms with E-state index >= 15 is 0 Å². The Morgan fingerprint density at radius 2 is 1.67 bits per heavy atom. The van der Waals surface area contributed by atoms with E-state index in [-0.39, 0.29) is 48.1 Å². The van der Waals surface area contributed by atoms with Gasteiger partial charge >= 0.3 is 5.97 Å². The van der Waals surface area contributed by atoms with Gasteiger partial charge in [-0.05, 0) is 31.6 Å². The zero-order chi connectivity index (χ0) is 25.5. The van der Waals surface area contributed by atoms with Crippen molar-refractivity contribution in [2.45, 2.75) is 91.5 Å². The fraction of sp³-hybridized carbons (Fsp3) is 0.880. The van der Waals surface area contributed by atoms with Gasteiger partial charge in [0, 0.05) is 33.7 Å². The van der Waals surface area contributed by atoms with Crippen LogP contribution in [0.3, 0.4) is 0 Å². The summed E-state index contributed by atoms with van der Waals surface area (Å²) in [6.45, 7) is 12.3. The third kappa shape index (κ3) is 7.15. The van der Waals surface area contributed by atoms with Gasteiger partial charge < -0.3 is 24.4 Å². The van der Waals surface area contributed by atoms with Crippen molar-refractivity contribution in [2.75, 3.05) is 27.8 Å². The SMILES string of the molecule is CC[C@H](C)[C@@H]([C@@H](CC(=O)N1CCC[C@H]1[C@H](OC)[C@@H](C)C(=O)O)OC)N(C)C(=O)[C@@H](C)C(C)C. The molecule has 0 aliphatic carbocycles. The van der Waals surface area contributed by atoms with Gasteiger partial charge in [-0.25, -0.2) is 0 Å². The highest BCUT2D eigenvalue weighted by Crippen LogP contribution is 2.29. The number of hydrogen-bond acceptors (Lipinski definition) is 5. The summed E-state index contributed by atoms with van der Waals surface area (Å²) in [7, 11) is 4.89. The lowest BCUT2D eigenvalue weighted by Gasteiger charge is -2.40. The summed E-state index contributed by atoms with van der Waals surface area (Å²) >= 11 is 0. The van der Waals surface area contributed by atoms with Crippen LogP contribution >= 0.6 is 0 Å². The van der Waals surface area contributed by atoms with Crippen molar-refractivity contribution in [2.24, 2.45) is 23.7 Å². The summed E-state index contributed by atoms with van der Waals surface area (Å²) < 4.78 is 11.3. The van der Waals surface area contributed by atoms with Gasteiger partial charge in [0.2, 0.25) is 11.8 Å². The molecule has 7 atom stereocenters. The van der Waals surface area contributed by atoms with E-state index in [0.29, 0.717) is 13.0 Å². The van der Waals surface area contributed by atoms with E-state index in [4.69, 9.17) is 9.47 Å². The second-order valence-corrected chi connectivity index (χ2v) is 9.96. The first-order valence-corrected chi connectivity index (χ1v) is 12.3.